The van der Waals surface area contributed by atoms with E-state index in [4.69, 9.17) is 0 Å². The second-order valence-corrected chi connectivity index (χ2v) is 7.92. The SMILES string of the molecule is N#Cc1cc(F)ccc1Cn1c2c(c(-c3ccc(F)c(F)c3)c1-c1ccncc1)C(=O)NCC2. The lowest BCUT2D eigenvalue weighted by molar-refractivity contribution is 0.0946. The van der Waals surface area contributed by atoms with Crippen LogP contribution < -0.4 is 5.32 Å². The molecule has 1 amide bonds. The third kappa shape index (κ3) is 3.61. The van der Waals surface area contributed by atoms with Gasteiger partial charge >= 0.3 is 0 Å². The highest BCUT2D eigenvalue weighted by molar-refractivity contribution is 6.07. The zero-order valence-corrected chi connectivity index (χ0v) is 17.8. The first-order valence-corrected chi connectivity index (χ1v) is 10.6. The van der Waals surface area contributed by atoms with Gasteiger partial charge in [0.1, 0.15) is 5.82 Å². The van der Waals surface area contributed by atoms with Gasteiger partial charge in [0.15, 0.2) is 11.6 Å². The predicted molar refractivity (Wildman–Crippen MR) is 119 cm³/mol. The maximum absolute atomic E-state index is 14.3. The number of aromatic nitrogens is 2. The molecule has 34 heavy (non-hydrogen) atoms. The summed E-state index contributed by atoms with van der Waals surface area (Å²) >= 11 is 0. The molecule has 168 valence electrons. The molecule has 0 aliphatic carbocycles. The molecular weight excluding hydrogens is 441 g/mol. The van der Waals surface area contributed by atoms with Crippen molar-refractivity contribution in [2.45, 2.75) is 13.0 Å². The van der Waals surface area contributed by atoms with E-state index in [1.165, 1.54) is 24.3 Å². The van der Waals surface area contributed by atoms with Gasteiger partial charge in [-0.1, -0.05) is 12.1 Å². The van der Waals surface area contributed by atoms with Gasteiger partial charge in [-0.25, -0.2) is 13.2 Å². The molecule has 3 heterocycles. The minimum absolute atomic E-state index is 0.178. The molecule has 5 rings (SSSR count). The van der Waals surface area contributed by atoms with Gasteiger partial charge in [0, 0.05) is 48.7 Å². The largest absolute Gasteiger partial charge is 0.352 e. The first kappa shape index (κ1) is 21.5. The number of carbonyl (C=O) groups excluding carboxylic acids is 1. The summed E-state index contributed by atoms with van der Waals surface area (Å²) < 4.78 is 43.6. The first-order valence-electron chi connectivity index (χ1n) is 10.6. The molecule has 2 aromatic heterocycles. The fourth-order valence-corrected chi connectivity index (χ4v) is 4.43. The third-order valence-electron chi connectivity index (χ3n) is 5.93. The summed E-state index contributed by atoms with van der Waals surface area (Å²) in [4.78, 5) is 17.1. The summed E-state index contributed by atoms with van der Waals surface area (Å²) in [5.74, 6) is -2.86. The van der Waals surface area contributed by atoms with Crippen LogP contribution in [-0.2, 0) is 13.0 Å². The van der Waals surface area contributed by atoms with Crippen molar-refractivity contribution in [3.63, 3.8) is 0 Å². The molecule has 0 bridgehead atoms. The van der Waals surface area contributed by atoms with Crippen LogP contribution in [0.4, 0.5) is 13.2 Å². The van der Waals surface area contributed by atoms with Gasteiger partial charge in [-0.3, -0.25) is 9.78 Å². The van der Waals surface area contributed by atoms with Gasteiger partial charge in [-0.2, -0.15) is 5.26 Å². The number of rotatable bonds is 4. The zero-order valence-electron chi connectivity index (χ0n) is 17.8. The second kappa shape index (κ2) is 8.52. The number of fused-ring (bicyclic) bond motifs is 1. The van der Waals surface area contributed by atoms with Crippen LogP contribution in [0, 0.1) is 28.8 Å². The van der Waals surface area contributed by atoms with Gasteiger partial charge < -0.3 is 9.88 Å². The molecule has 1 aliphatic rings. The summed E-state index contributed by atoms with van der Waals surface area (Å²) in [5.41, 5.74) is 3.92. The Morgan fingerprint density at radius 1 is 0.971 bits per heavy atom. The molecule has 1 aliphatic heterocycles. The van der Waals surface area contributed by atoms with E-state index in [0.717, 1.165) is 12.1 Å². The number of carbonyl (C=O) groups is 1. The summed E-state index contributed by atoms with van der Waals surface area (Å²) in [7, 11) is 0. The molecule has 0 saturated carbocycles. The Morgan fingerprint density at radius 3 is 2.50 bits per heavy atom. The average Bonchev–Trinajstić information content (AvgIpc) is 3.17. The first-order chi connectivity index (χ1) is 16.5. The maximum Gasteiger partial charge on any atom is 0.253 e. The number of benzene rings is 2. The van der Waals surface area contributed by atoms with Gasteiger partial charge in [0.05, 0.1) is 22.9 Å². The van der Waals surface area contributed by atoms with Crippen LogP contribution >= 0.6 is 0 Å². The van der Waals surface area contributed by atoms with Crippen molar-refractivity contribution in [1.29, 1.82) is 5.26 Å². The van der Waals surface area contributed by atoms with E-state index in [2.05, 4.69) is 10.3 Å². The lowest BCUT2D eigenvalue weighted by Gasteiger charge is -2.18. The molecule has 8 heteroatoms. The van der Waals surface area contributed by atoms with E-state index in [1.54, 1.807) is 24.5 Å². The molecule has 5 nitrogen and oxygen atoms in total. The van der Waals surface area contributed by atoms with E-state index in [0.29, 0.717) is 52.2 Å². The zero-order chi connectivity index (χ0) is 23.8. The predicted octanol–water partition coefficient (Wildman–Crippen LogP) is 4.84. The molecule has 2 aromatic carbocycles. The van der Waals surface area contributed by atoms with Gasteiger partial charge in [-0.15, -0.1) is 0 Å². The Kier molecular flexibility index (Phi) is 5.38. The molecule has 0 radical (unpaired) electrons. The van der Waals surface area contributed by atoms with E-state index in [9.17, 15) is 23.2 Å². The van der Waals surface area contributed by atoms with Crippen molar-refractivity contribution in [2.75, 3.05) is 6.54 Å². The molecule has 0 atom stereocenters. The van der Waals surface area contributed by atoms with Crippen LogP contribution in [0.5, 0.6) is 0 Å². The van der Waals surface area contributed by atoms with Gasteiger partial charge in [-0.05, 0) is 47.5 Å². The third-order valence-corrected chi connectivity index (χ3v) is 5.93. The molecule has 4 aromatic rings. The molecule has 0 saturated heterocycles. The van der Waals surface area contributed by atoms with Gasteiger partial charge in [0.25, 0.3) is 5.91 Å². The van der Waals surface area contributed by atoms with Crippen molar-refractivity contribution < 1.29 is 18.0 Å². The van der Waals surface area contributed by atoms with E-state index in [-0.39, 0.29) is 18.0 Å². The number of nitrogens with zero attached hydrogens (tertiary/aromatic N) is 3. The van der Waals surface area contributed by atoms with Crippen LogP contribution in [0.3, 0.4) is 0 Å². The van der Waals surface area contributed by atoms with E-state index >= 15 is 0 Å². The Balaban J connectivity index is 1.84. The van der Waals surface area contributed by atoms with Crippen molar-refractivity contribution in [3.8, 4) is 28.5 Å². The van der Waals surface area contributed by atoms with Crippen LogP contribution in [0.15, 0.2) is 60.9 Å². The number of hydrogen-bond acceptors (Lipinski definition) is 3. The number of hydrogen-bond donors (Lipinski definition) is 1. The van der Waals surface area contributed by atoms with Gasteiger partial charge in [0.2, 0.25) is 0 Å². The molecule has 0 fully saturated rings. The minimum atomic E-state index is -1.03. The fourth-order valence-electron chi connectivity index (χ4n) is 4.43. The number of nitrogens with one attached hydrogen (secondary N) is 1. The molecular formula is C26H17F3N4O. The number of amides is 1. The second-order valence-electron chi connectivity index (χ2n) is 7.92. The lowest BCUT2D eigenvalue weighted by Crippen LogP contribution is -2.32. The van der Waals surface area contributed by atoms with E-state index in [1.807, 2.05) is 10.6 Å². The Bertz CT molecular complexity index is 1470. The quantitative estimate of drug-likeness (QED) is 0.476. The Labute approximate surface area is 193 Å². The van der Waals surface area contributed by atoms with Crippen molar-refractivity contribution in [1.82, 2.24) is 14.9 Å². The topological polar surface area (TPSA) is 70.7 Å². The Hall–Kier alpha value is -4.38. The molecule has 0 unspecified atom stereocenters. The minimum Gasteiger partial charge on any atom is -0.352 e. The highest BCUT2D eigenvalue weighted by atomic mass is 19.2. The summed E-state index contributed by atoms with van der Waals surface area (Å²) in [6.45, 7) is 0.581. The smallest absolute Gasteiger partial charge is 0.253 e. The number of halogens is 3. The fraction of sp³-hybridized carbons (Fsp3) is 0.115. The van der Waals surface area contributed by atoms with Crippen LogP contribution in [0.2, 0.25) is 0 Å². The van der Waals surface area contributed by atoms with Crippen molar-refractivity contribution >= 4 is 5.91 Å². The maximum atomic E-state index is 14.3. The highest BCUT2D eigenvalue weighted by Gasteiger charge is 2.31. The number of nitriles is 1. The summed E-state index contributed by atoms with van der Waals surface area (Å²) in [5, 5.41) is 12.4. The van der Waals surface area contributed by atoms with Crippen LogP contribution in [0.1, 0.15) is 27.2 Å². The van der Waals surface area contributed by atoms with Crippen molar-refractivity contribution in [3.05, 3.63) is 101 Å². The van der Waals surface area contributed by atoms with Crippen molar-refractivity contribution in [2.24, 2.45) is 0 Å². The standard InChI is InChI=1S/C26H17F3N4O/c27-19-3-1-17(18(11-19)13-30)14-33-22-7-10-32-26(34)24(22)23(16-2-4-20(28)21(29)12-16)25(33)15-5-8-31-9-6-15/h1-6,8-9,11-12H,7,10,14H2,(H,32,34). The number of pyridine rings is 1. The Morgan fingerprint density at radius 2 is 1.76 bits per heavy atom. The normalized spacial score (nSPS) is 12.7. The monoisotopic (exact) mass is 458 g/mol. The van der Waals surface area contributed by atoms with Crippen LogP contribution in [0.25, 0.3) is 22.4 Å². The summed E-state index contributed by atoms with van der Waals surface area (Å²) in [6.07, 6.45) is 3.69. The van der Waals surface area contributed by atoms with E-state index < -0.39 is 17.5 Å². The highest BCUT2D eigenvalue weighted by Crippen LogP contribution is 2.41. The lowest BCUT2D eigenvalue weighted by atomic mass is 9.95. The molecule has 1 N–H and O–H groups in total. The summed E-state index contributed by atoms with van der Waals surface area (Å²) in [6, 6.07) is 13.1. The molecule has 0 spiro atoms. The average molecular weight is 458 g/mol. The van der Waals surface area contributed by atoms with Crippen LogP contribution in [-0.4, -0.2) is 22.0 Å².